The van der Waals surface area contributed by atoms with E-state index < -0.39 is 10.0 Å². The Hall–Kier alpha value is -2.23. The van der Waals surface area contributed by atoms with E-state index in [1.54, 1.807) is 30.9 Å². The lowest BCUT2D eigenvalue weighted by Gasteiger charge is -2.19. The molecule has 0 radical (unpaired) electrons. The summed E-state index contributed by atoms with van der Waals surface area (Å²) in [6.45, 7) is 7.50. The van der Waals surface area contributed by atoms with Gasteiger partial charge in [0.1, 0.15) is 10.6 Å². The SMILES string of the molecule is C=CCN(C(=O)c1ccc(OC)c(S(=O)(=O)NC(C)C)c1)c1nc2c(s1)CCCC2. The number of thiazole rings is 1. The molecule has 0 saturated carbocycles. The lowest BCUT2D eigenvalue weighted by atomic mass is 10.0. The van der Waals surface area contributed by atoms with Crippen molar-refractivity contribution in [3.63, 3.8) is 0 Å². The van der Waals surface area contributed by atoms with Crippen LogP contribution in [0, 0.1) is 0 Å². The molecular weight excluding hydrogens is 422 g/mol. The van der Waals surface area contributed by atoms with Crippen LogP contribution in [0.4, 0.5) is 5.13 Å². The summed E-state index contributed by atoms with van der Waals surface area (Å²) in [5.41, 5.74) is 1.30. The summed E-state index contributed by atoms with van der Waals surface area (Å²) in [6, 6.07) is 4.13. The van der Waals surface area contributed by atoms with E-state index in [2.05, 4.69) is 16.3 Å². The van der Waals surface area contributed by atoms with E-state index in [-0.39, 0.29) is 34.7 Å². The highest BCUT2D eigenvalue weighted by molar-refractivity contribution is 7.89. The van der Waals surface area contributed by atoms with Crippen LogP contribution in [0.5, 0.6) is 5.75 Å². The number of sulfonamides is 1. The van der Waals surface area contributed by atoms with Crippen molar-refractivity contribution in [3.8, 4) is 5.75 Å². The van der Waals surface area contributed by atoms with Crippen LogP contribution in [0.25, 0.3) is 0 Å². The molecule has 0 spiro atoms. The lowest BCUT2D eigenvalue weighted by molar-refractivity contribution is 0.0989. The number of anilines is 1. The molecule has 0 unspecified atom stereocenters. The van der Waals surface area contributed by atoms with Gasteiger partial charge < -0.3 is 4.74 Å². The van der Waals surface area contributed by atoms with E-state index >= 15 is 0 Å². The molecular formula is C21H27N3O4S2. The van der Waals surface area contributed by atoms with Gasteiger partial charge in [-0.1, -0.05) is 6.08 Å². The van der Waals surface area contributed by atoms with Crippen molar-refractivity contribution in [3.05, 3.63) is 47.0 Å². The van der Waals surface area contributed by atoms with E-state index in [0.717, 1.165) is 31.4 Å². The number of hydrogen-bond donors (Lipinski definition) is 1. The minimum Gasteiger partial charge on any atom is -0.495 e. The Labute approximate surface area is 181 Å². The number of benzene rings is 1. The van der Waals surface area contributed by atoms with E-state index in [9.17, 15) is 13.2 Å². The standard InChI is InChI=1S/C21H27N3O4S2/c1-5-12-24(21-22-16-8-6-7-9-18(16)29-21)20(25)15-10-11-17(28-4)19(13-15)30(26,27)23-14(2)3/h5,10-11,13-14,23H,1,6-9,12H2,2-4H3. The summed E-state index contributed by atoms with van der Waals surface area (Å²) in [6.07, 6.45) is 5.78. The molecule has 1 heterocycles. The average molecular weight is 450 g/mol. The second kappa shape index (κ2) is 9.28. The first-order valence-corrected chi connectivity index (χ1v) is 12.2. The molecule has 0 aliphatic heterocycles. The highest BCUT2D eigenvalue weighted by atomic mass is 32.2. The number of carbonyl (C=O) groups is 1. The van der Waals surface area contributed by atoms with Gasteiger partial charge in [-0.05, 0) is 57.7 Å². The molecule has 7 nitrogen and oxygen atoms in total. The number of nitrogens with one attached hydrogen (secondary N) is 1. The molecule has 1 aliphatic rings. The summed E-state index contributed by atoms with van der Waals surface area (Å²) in [7, 11) is -2.44. The minimum atomic E-state index is -3.84. The topological polar surface area (TPSA) is 88.6 Å². The monoisotopic (exact) mass is 449 g/mol. The van der Waals surface area contributed by atoms with Crippen molar-refractivity contribution in [2.45, 2.75) is 50.5 Å². The zero-order chi connectivity index (χ0) is 21.9. The number of amides is 1. The number of methoxy groups -OCH3 is 1. The van der Waals surface area contributed by atoms with Crippen molar-refractivity contribution in [1.82, 2.24) is 9.71 Å². The maximum absolute atomic E-state index is 13.3. The van der Waals surface area contributed by atoms with Crippen LogP contribution in [0.15, 0.2) is 35.7 Å². The highest BCUT2D eigenvalue weighted by Crippen LogP contribution is 2.33. The lowest BCUT2D eigenvalue weighted by Crippen LogP contribution is -2.32. The Morgan fingerprint density at radius 3 is 2.73 bits per heavy atom. The quantitative estimate of drug-likeness (QED) is 0.623. The smallest absolute Gasteiger partial charge is 0.260 e. The van der Waals surface area contributed by atoms with Gasteiger partial charge in [0.25, 0.3) is 5.91 Å². The van der Waals surface area contributed by atoms with E-state index in [1.165, 1.54) is 35.5 Å². The number of aryl methyl sites for hydroxylation is 2. The fraction of sp³-hybridized carbons (Fsp3) is 0.429. The van der Waals surface area contributed by atoms with Crippen molar-refractivity contribution in [2.24, 2.45) is 0 Å². The van der Waals surface area contributed by atoms with Crippen molar-refractivity contribution in [1.29, 1.82) is 0 Å². The third-order valence-corrected chi connectivity index (χ3v) is 7.57. The summed E-state index contributed by atoms with van der Waals surface area (Å²) < 4.78 is 33.3. The Bertz CT molecular complexity index is 1020. The molecule has 1 N–H and O–H groups in total. The fourth-order valence-electron chi connectivity index (χ4n) is 3.38. The fourth-order valence-corrected chi connectivity index (χ4v) is 5.98. The largest absolute Gasteiger partial charge is 0.495 e. The van der Waals surface area contributed by atoms with Crippen LogP contribution in [-0.2, 0) is 22.9 Å². The summed E-state index contributed by atoms with van der Waals surface area (Å²) in [5, 5.41) is 0.618. The van der Waals surface area contributed by atoms with Crippen LogP contribution >= 0.6 is 11.3 Å². The average Bonchev–Trinajstić information content (AvgIpc) is 3.14. The van der Waals surface area contributed by atoms with Gasteiger partial charge >= 0.3 is 0 Å². The molecule has 0 bridgehead atoms. The molecule has 0 atom stereocenters. The van der Waals surface area contributed by atoms with E-state index in [4.69, 9.17) is 4.74 Å². The first-order valence-electron chi connectivity index (χ1n) is 9.88. The molecule has 30 heavy (non-hydrogen) atoms. The number of ether oxygens (including phenoxy) is 1. The molecule has 162 valence electrons. The van der Waals surface area contributed by atoms with Gasteiger partial charge in [-0.15, -0.1) is 17.9 Å². The summed E-state index contributed by atoms with van der Waals surface area (Å²) >= 11 is 1.52. The van der Waals surface area contributed by atoms with Gasteiger partial charge in [-0.2, -0.15) is 0 Å². The highest BCUT2D eigenvalue weighted by Gasteiger charge is 2.27. The third-order valence-electron chi connectivity index (χ3n) is 4.71. The van der Waals surface area contributed by atoms with Crippen LogP contribution in [-0.4, -0.2) is 39.0 Å². The maximum atomic E-state index is 13.3. The number of hydrogen-bond acceptors (Lipinski definition) is 6. The Morgan fingerprint density at radius 1 is 1.37 bits per heavy atom. The van der Waals surface area contributed by atoms with Crippen LogP contribution in [0.1, 0.15) is 47.6 Å². The number of aromatic nitrogens is 1. The van der Waals surface area contributed by atoms with Gasteiger partial charge in [-0.25, -0.2) is 18.1 Å². The number of fused-ring (bicyclic) bond motifs is 1. The molecule has 3 rings (SSSR count). The predicted octanol–water partition coefficient (Wildman–Crippen LogP) is 3.55. The van der Waals surface area contributed by atoms with Crippen LogP contribution in [0.2, 0.25) is 0 Å². The van der Waals surface area contributed by atoms with Crippen LogP contribution in [0.3, 0.4) is 0 Å². The van der Waals surface area contributed by atoms with Crippen molar-refractivity contribution >= 4 is 32.4 Å². The first kappa shape index (κ1) is 22.5. The second-order valence-electron chi connectivity index (χ2n) is 7.42. The van der Waals surface area contributed by atoms with Gasteiger partial charge in [0.15, 0.2) is 5.13 Å². The second-order valence-corrected chi connectivity index (χ2v) is 10.2. The maximum Gasteiger partial charge on any atom is 0.260 e. The van der Waals surface area contributed by atoms with Crippen LogP contribution < -0.4 is 14.4 Å². The van der Waals surface area contributed by atoms with E-state index in [0.29, 0.717) is 5.13 Å². The van der Waals surface area contributed by atoms with Crippen molar-refractivity contribution in [2.75, 3.05) is 18.6 Å². The molecule has 9 heteroatoms. The molecule has 0 fully saturated rings. The molecule has 1 amide bonds. The Kier molecular flexibility index (Phi) is 6.95. The van der Waals surface area contributed by atoms with Crippen molar-refractivity contribution < 1.29 is 17.9 Å². The molecule has 0 saturated heterocycles. The number of carbonyl (C=O) groups excluding carboxylic acids is 1. The summed E-state index contributed by atoms with van der Waals surface area (Å²) in [5.74, 6) is -0.149. The summed E-state index contributed by atoms with van der Waals surface area (Å²) in [4.78, 5) is 20.7. The normalized spacial score (nSPS) is 13.7. The molecule has 1 aromatic carbocycles. The first-order chi connectivity index (χ1) is 14.3. The van der Waals surface area contributed by atoms with Gasteiger partial charge in [-0.3, -0.25) is 9.69 Å². The number of nitrogens with zero attached hydrogens (tertiary/aromatic N) is 2. The zero-order valence-corrected chi connectivity index (χ0v) is 19.1. The van der Waals surface area contributed by atoms with E-state index in [1.807, 2.05) is 0 Å². The number of rotatable bonds is 8. The van der Waals surface area contributed by atoms with Gasteiger partial charge in [0.05, 0.1) is 12.8 Å². The molecule has 1 aromatic heterocycles. The Balaban J connectivity index is 2.00. The zero-order valence-electron chi connectivity index (χ0n) is 17.5. The third kappa shape index (κ3) is 4.74. The van der Waals surface area contributed by atoms with Gasteiger partial charge in [0, 0.05) is 23.0 Å². The molecule has 2 aromatic rings. The Morgan fingerprint density at radius 2 is 2.10 bits per heavy atom. The minimum absolute atomic E-state index is 0.0680. The predicted molar refractivity (Wildman–Crippen MR) is 119 cm³/mol. The van der Waals surface area contributed by atoms with Gasteiger partial charge in [0.2, 0.25) is 10.0 Å². The molecule has 1 aliphatic carbocycles.